The van der Waals surface area contributed by atoms with Gasteiger partial charge in [-0.2, -0.15) is 4.98 Å². The number of hydrogen-bond donors (Lipinski definition) is 1. The Balaban J connectivity index is 2.14. The van der Waals surface area contributed by atoms with Crippen molar-refractivity contribution in [3.8, 4) is 5.88 Å². The summed E-state index contributed by atoms with van der Waals surface area (Å²) in [7, 11) is 1.89. The minimum Gasteiger partial charge on any atom is -0.474 e. The van der Waals surface area contributed by atoms with Gasteiger partial charge in [0.25, 0.3) is 0 Å². The largest absolute Gasteiger partial charge is 0.474 e. The van der Waals surface area contributed by atoms with Gasteiger partial charge in [0, 0.05) is 13.5 Å². The van der Waals surface area contributed by atoms with Crippen molar-refractivity contribution in [3.63, 3.8) is 0 Å². The van der Waals surface area contributed by atoms with E-state index in [0.29, 0.717) is 6.10 Å². The van der Waals surface area contributed by atoms with Crippen LogP contribution in [0.15, 0.2) is 0 Å². The highest BCUT2D eigenvalue weighted by Gasteiger charge is 2.21. The molecule has 1 aromatic rings. The summed E-state index contributed by atoms with van der Waals surface area (Å²) in [4.78, 5) is 9.01. The third kappa shape index (κ3) is 3.37. The second-order valence-corrected chi connectivity index (χ2v) is 5.52. The summed E-state index contributed by atoms with van der Waals surface area (Å²) in [5, 5.41) is 3.12. The molecule has 19 heavy (non-hydrogen) atoms. The van der Waals surface area contributed by atoms with Crippen molar-refractivity contribution in [2.24, 2.45) is 5.92 Å². The minimum atomic E-state index is 0.319. The molecular formula is C15H25N3O. The van der Waals surface area contributed by atoms with Crippen LogP contribution < -0.4 is 10.1 Å². The molecule has 1 N–H and O–H groups in total. The normalized spacial score (nSPS) is 23.2. The first-order valence-corrected chi connectivity index (χ1v) is 7.36. The lowest BCUT2D eigenvalue weighted by molar-refractivity contribution is 0.129. The Kier molecular flexibility index (Phi) is 4.61. The number of nitrogens with one attached hydrogen (secondary N) is 1. The molecule has 0 atom stereocenters. The molecule has 0 amide bonds. The van der Waals surface area contributed by atoms with Crippen LogP contribution in [-0.4, -0.2) is 23.1 Å². The van der Waals surface area contributed by atoms with E-state index in [4.69, 9.17) is 4.74 Å². The van der Waals surface area contributed by atoms with Crippen LogP contribution in [0.5, 0.6) is 5.88 Å². The second kappa shape index (κ2) is 6.22. The highest BCUT2D eigenvalue weighted by molar-refractivity contribution is 5.48. The molecule has 106 valence electrons. The number of ether oxygens (including phenoxy) is 1. The van der Waals surface area contributed by atoms with E-state index in [1.165, 1.54) is 12.8 Å². The maximum absolute atomic E-state index is 6.13. The molecule has 1 aromatic heterocycles. The minimum absolute atomic E-state index is 0.319. The molecule has 4 nitrogen and oxygen atoms in total. The Bertz CT molecular complexity index is 426. The van der Waals surface area contributed by atoms with Crippen LogP contribution in [0.25, 0.3) is 0 Å². The van der Waals surface area contributed by atoms with Crippen LogP contribution in [0.1, 0.15) is 50.9 Å². The highest BCUT2D eigenvalue weighted by Crippen LogP contribution is 2.29. The first kappa shape index (κ1) is 14.1. The van der Waals surface area contributed by atoms with Gasteiger partial charge in [-0.25, -0.2) is 4.98 Å². The van der Waals surface area contributed by atoms with Gasteiger partial charge >= 0.3 is 0 Å². The lowest BCUT2D eigenvalue weighted by Gasteiger charge is -2.27. The average Bonchev–Trinajstić information content (AvgIpc) is 2.43. The van der Waals surface area contributed by atoms with E-state index < -0.39 is 0 Å². The zero-order valence-corrected chi connectivity index (χ0v) is 12.5. The predicted octanol–water partition coefficient (Wildman–Crippen LogP) is 3.35. The van der Waals surface area contributed by atoms with Gasteiger partial charge in [-0.15, -0.1) is 0 Å². The zero-order chi connectivity index (χ0) is 13.8. The third-order valence-electron chi connectivity index (χ3n) is 3.94. The fourth-order valence-corrected chi connectivity index (χ4v) is 2.56. The van der Waals surface area contributed by atoms with Crippen molar-refractivity contribution >= 4 is 5.82 Å². The van der Waals surface area contributed by atoms with Crippen molar-refractivity contribution < 1.29 is 4.74 Å². The summed E-state index contributed by atoms with van der Waals surface area (Å²) < 4.78 is 6.13. The quantitative estimate of drug-likeness (QED) is 0.905. The molecule has 1 saturated carbocycles. The predicted molar refractivity (Wildman–Crippen MR) is 77.7 cm³/mol. The van der Waals surface area contributed by atoms with Gasteiger partial charge in [-0.3, -0.25) is 0 Å². The zero-order valence-electron chi connectivity index (χ0n) is 12.5. The van der Waals surface area contributed by atoms with Gasteiger partial charge in [-0.1, -0.05) is 13.8 Å². The number of hydrogen-bond acceptors (Lipinski definition) is 4. The molecule has 0 aliphatic heterocycles. The van der Waals surface area contributed by atoms with Crippen LogP contribution >= 0.6 is 0 Å². The van der Waals surface area contributed by atoms with E-state index in [1.54, 1.807) is 0 Å². The number of aryl methyl sites for hydroxylation is 1. The molecule has 0 unspecified atom stereocenters. The maximum Gasteiger partial charge on any atom is 0.222 e. The molecule has 1 fully saturated rings. The smallest absolute Gasteiger partial charge is 0.222 e. The van der Waals surface area contributed by atoms with Gasteiger partial charge in [0.15, 0.2) is 0 Å². The Morgan fingerprint density at radius 2 is 1.89 bits per heavy atom. The summed E-state index contributed by atoms with van der Waals surface area (Å²) in [6.45, 7) is 6.41. The second-order valence-electron chi connectivity index (χ2n) is 5.52. The summed E-state index contributed by atoms with van der Waals surface area (Å²) >= 11 is 0. The van der Waals surface area contributed by atoms with E-state index in [9.17, 15) is 0 Å². The first-order chi connectivity index (χ1) is 9.13. The Morgan fingerprint density at radius 1 is 1.21 bits per heavy atom. The van der Waals surface area contributed by atoms with E-state index in [-0.39, 0.29) is 0 Å². The average molecular weight is 263 g/mol. The fourth-order valence-electron chi connectivity index (χ4n) is 2.56. The number of nitrogens with zero attached hydrogens (tertiary/aromatic N) is 2. The van der Waals surface area contributed by atoms with E-state index in [2.05, 4.69) is 29.1 Å². The van der Waals surface area contributed by atoms with Gasteiger partial charge < -0.3 is 10.1 Å². The van der Waals surface area contributed by atoms with Crippen molar-refractivity contribution in [1.82, 2.24) is 9.97 Å². The van der Waals surface area contributed by atoms with Crippen LogP contribution in [-0.2, 0) is 6.42 Å². The molecule has 0 saturated heterocycles. The molecule has 0 spiro atoms. The van der Waals surface area contributed by atoms with E-state index in [1.807, 2.05) is 14.0 Å². The molecule has 4 heteroatoms. The maximum atomic E-state index is 6.13. The molecule has 2 rings (SSSR count). The summed E-state index contributed by atoms with van der Waals surface area (Å²) in [5.74, 6) is 3.32. The molecule has 0 radical (unpaired) electrons. The topological polar surface area (TPSA) is 47.0 Å². The lowest BCUT2D eigenvalue weighted by atomic mass is 9.89. The SMILES string of the molecule is CCc1nc(NC)c(C)c(OC2CCC(C)CC2)n1. The molecule has 0 aromatic carbocycles. The summed E-state index contributed by atoms with van der Waals surface area (Å²) in [6.07, 6.45) is 5.94. The number of anilines is 1. The monoisotopic (exact) mass is 263 g/mol. The van der Waals surface area contributed by atoms with E-state index in [0.717, 1.165) is 48.3 Å². The van der Waals surface area contributed by atoms with Crippen molar-refractivity contribution in [2.45, 2.75) is 59.0 Å². The summed E-state index contributed by atoms with van der Waals surface area (Å²) in [6, 6.07) is 0. The summed E-state index contributed by atoms with van der Waals surface area (Å²) in [5.41, 5.74) is 1.01. The molecule has 1 aliphatic carbocycles. The molecular weight excluding hydrogens is 238 g/mol. The van der Waals surface area contributed by atoms with Crippen LogP contribution in [0.4, 0.5) is 5.82 Å². The lowest BCUT2D eigenvalue weighted by Crippen LogP contribution is -2.24. The van der Waals surface area contributed by atoms with E-state index >= 15 is 0 Å². The molecule has 0 bridgehead atoms. The van der Waals surface area contributed by atoms with Crippen LogP contribution in [0, 0.1) is 12.8 Å². The van der Waals surface area contributed by atoms with Gasteiger partial charge in [0.2, 0.25) is 5.88 Å². The number of rotatable bonds is 4. The van der Waals surface area contributed by atoms with Crippen LogP contribution in [0.3, 0.4) is 0 Å². The molecule has 1 heterocycles. The first-order valence-electron chi connectivity index (χ1n) is 7.36. The third-order valence-corrected chi connectivity index (χ3v) is 3.94. The fraction of sp³-hybridized carbons (Fsp3) is 0.733. The Labute approximate surface area is 116 Å². The van der Waals surface area contributed by atoms with Gasteiger partial charge in [0.1, 0.15) is 17.7 Å². The Hall–Kier alpha value is -1.32. The Morgan fingerprint density at radius 3 is 2.47 bits per heavy atom. The standard InChI is InChI=1S/C15H25N3O/c1-5-13-17-14(16-4)11(3)15(18-13)19-12-8-6-10(2)7-9-12/h10,12H,5-9H2,1-4H3,(H,16,17,18). The van der Waals surface area contributed by atoms with Crippen molar-refractivity contribution in [2.75, 3.05) is 12.4 Å². The van der Waals surface area contributed by atoms with Crippen molar-refractivity contribution in [3.05, 3.63) is 11.4 Å². The van der Waals surface area contributed by atoms with Crippen molar-refractivity contribution in [1.29, 1.82) is 0 Å². The highest BCUT2D eigenvalue weighted by atomic mass is 16.5. The molecule has 1 aliphatic rings. The van der Waals surface area contributed by atoms with Gasteiger partial charge in [-0.05, 0) is 38.5 Å². The van der Waals surface area contributed by atoms with Gasteiger partial charge in [0.05, 0.1) is 5.56 Å². The van der Waals surface area contributed by atoms with Crippen LogP contribution in [0.2, 0.25) is 0 Å². The number of aromatic nitrogens is 2.